The molecular weight excluding hydrogens is 270 g/mol. The van der Waals surface area contributed by atoms with Gasteiger partial charge in [-0.1, -0.05) is 0 Å². The van der Waals surface area contributed by atoms with E-state index in [0.29, 0.717) is 0 Å². The van der Waals surface area contributed by atoms with Crippen molar-refractivity contribution in [3.63, 3.8) is 0 Å². The summed E-state index contributed by atoms with van der Waals surface area (Å²) >= 11 is 0. The Morgan fingerprint density at radius 3 is 2.15 bits per heavy atom. The van der Waals surface area contributed by atoms with Gasteiger partial charge in [0, 0.05) is 14.2 Å². The molecule has 0 spiro atoms. The molecule has 114 valence electrons. The molecule has 9 heteroatoms. The maximum atomic E-state index is 12.0. The van der Waals surface area contributed by atoms with Crippen molar-refractivity contribution in [2.24, 2.45) is 5.73 Å². The number of carbonyl (C=O) groups is 3. The van der Waals surface area contributed by atoms with Crippen molar-refractivity contribution in [2.75, 3.05) is 27.3 Å². The van der Waals surface area contributed by atoms with Crippen molar-refractivity contribution < 1.29 is 29.0 Å². The van der Waals surface area contributed by atoms with E-state index in [1.165, 1.54) is 19.1 Å². The van der Waals surface area contributed by atoms with E-state index < -0.39 is 30.4 Å². The number of hydrogen-bond donors (Lipinski definition) is 3. The van der Waals surface area contributed by atoms with Gasteiger partial charge in [-0.2, -0.15) is 0 Å². The van der Waals surface area contributed by atoms with Crippen LogP contribution in [0, 0.1) is 0 Å². The fourth-order valence-electron chi connectivity index (χ4n) is 2.00. The summed E-state index contributed by atoms with van der Waals surface area (Å²) in [6.45, 7) is 0.563. The lowest BCUT2D eigenvalue weighted by molar-refractivity contribution is -0.140. The number of carboxylic acid groups (broad SMARTS) is 1. The SMILES string of the molecule is COC1CN(C(=O)N[C@H](CC(N)=O)C(=O)O)CC1OC. The molecule has 0 saturated carbocycles. The monoisotopic (exact) mass is 289 g/mol. The normalized spacial score (nSPS) is 23.4. The van der Waals surface area contributed by atoms with E-state index in [1.807, 2.05) is 0 Å². The molecule has 1 fully saturated rings. The van der Waals surface area contributed by atoms with E-state index in [-0.39, 0.29) is 25.3 Å². The zero-order valence-corrected chi connectivity index (χ0v) is 11.4. The summed E-state index contributed by atoms with van der Waals surface area (Å²) in [5.41, 5.74) is 4.94. The third-order valence-corrected chi connectivity index (χ3v) is 3.11. The maximum absolute atomic E-state index is 12.0. The van der Waals surface area contributed by atoms with Crippen molar-refractivity contribution in [2.45, 2.75) is 24.7 Å². The van der Waals surface area contributed by atoms with Gasteiger partial charge in [-0.15, -0.1) is 0 Å². The summed E-state index contributed by atoms with van der Waals surface area (Å²) in [6, 6.07) is -1.94. The number of primary amides is 1. The van der Waals surface area contributed by atoms with Gasteiger partial charge >= 0.3 is 12.0 Å². The average molecular weight is 289 g/mol. The zero-order chi connectivity index (χ0) is 15.3. The minimum atomic E-state index is -1.34. The van der Waals surface area contributed by atoms with Crippen molar-refractivity contribution in [1.82, 2.24) is 10.2 Å². The summed E-state index contributed by atoms with van der Waals surface area (Å²) < 4.78 is 10.3. The molecule has 0 aromatic rings. The lowest BCUT2D eigenvalue weighted by Gasteiger charge is -2.20. The van der Waals surface area contributed by atoms with Crippen molar-refractivity contribution in [1.29, 1.82) is 0 Å². The molecule has 4 N–H and O–H groups in total. The number of amides is 3. The number of urea groups is 1. The van der Waals surface area contributed by atoms with Gasteiger partial charge in [-0.25, -0.2) is 9.59 Å². The van der Waals surface area contributed by atoms with Crippen molar-refractivity contribution in [3.05, 3.63) is 0 Å². The first kappa shape index (κ1) is 16.2. The summed E-state index contributed by atoms with van der Waals surface area (Å²) in [7, 11) is 3.01. The lowest BCUT2D eigenvalue weighted by Crippen LogP contribution is -2.49. The first-order valence-corrected chi connectivity index (χ1v) is 6.01. The number of nitrogens with zero attached hydrogens (tertiary/aromatic N) is 1. The summed E-state index contributed by atoms with van der Waals surface area (Å²) in [4.78, 5) is 35.0. The Hall–Kier alpha value is -1.87. The predicted octanol–water partition coefficient (Wildman–Crippen LogP) is -1.63. The standard InChI is InChI=1S/C11H19N3O6/c1-19-7-4-14(5-8(7)20-2)11(18)13-6(10(16)17)3-9(12)15/h6-8H,3-5H2,1-2H3,(H2,12,15)(H,13,18)(H,16,17)/t6-,7?,8?/m1/s1. The number of nitrogens with one attached hydrogen (secondary N) is 1. The smallest absolute Gasteiger partial charge is 0.326 e. The van der Waals surface area contributed by atoms with Crippen LogP contribution in [-0.4, -0.2) is 73.5 Å². The molecule has 0 aromatic carbocycles. The van der Waals surface area contributed by atoms with E-state index in [1.54, 1.807) is 0 Å². The molecule has 20 heavy (non-hydrogen) atoms. The molecule has 2 unspecified atom stereocenters. The topological polar surface area (TPSA) is 131 Å². The molecular formula is C11H19N3O6. The minimum Gasteiger partial charge on any atom is -0.480 e. The Bertz CT molecular complexity index is 376. The van der Waals surface area contributed by atoms with Crippen LogP contribution in [0.4, 0.5) is 4.79 Å². The fourth-order valence-corrected chi connectivity index (χ4v) is 2.00. The van der Waals surface area contributed by atoms with Crippen LogP contribution in [0.15, 0.2) is 0 Å². The number of carboxylic acids is 1. The van der Waals surface area contributed by atoms with Crippen LogP contribution in [0.5, 0.6) is 0 Å². The number of likely N-dealkylation sites (tertiary alicyclic amines) is 1. The van der Waals surface area contributed by atoms with Gasteiger partial charge in [0.1, 0.15) is 18.2 Å². The number of hydrogen-bond acceptors (Lipinski definition) is 5. The Kier molecular flexibility index (Phi) is 5.71. The Morgan fingerprint density at radius 2 is 1.80 bits per heavy atom. The highest BCUT2D eigenvalue weighted by Crippen LogP contribution is 2.15. The Balaban J connectivity index is 2.61. The van der Waals surface area contributed by atoms with Gasteiger partial charge < -0.3 is 30.5 Å². The van der Waals surface area contributed by atoms with E-state index in [9.17, 15) is 14.4 Å². The van der Waals surface area contributed by atoms with Gasteiger partial charge in [0.25, 0.3) is 0 Å². The number of ether oxygens (including phenoxy) is 2. The van der Waals surface area contributed by atoms with Gasteiger partial charge in [0.05, 0.1) is 19.5 Å². The van der Waals surface area contributed by atoms with Gasteiger partial charge in [-0.05, 0) is 0 Å². The number of nitrogens with two attached hydrogens (primary N) is 1. The maximum Gasteiger partial charge on any atom is 0.326 e. The van der Waals surface area contributed by atoms with Crippen molar-refractivity contribution in [3.8, 4) is 0 Å². The largest absolute Gasteiger partial charge is 0.480 e. The number of methoxy groups -OCH3 is 2. The first-order chi connectivity index (χ1) is 9.38. The van der Waals surface area contributed by atoms with Gasteiger partial charge in [-0.3, -0.25) is 4.79 Å². The molecule has 1 aliphatic rings. The highest BCUT2D eigenvalue weighted by Gasteiger charge is 2.36. The summed E-state index contributed by atoms with van der Waals surface area (Å²) in [5.74, 6) is -2.12. The third-order valence-electron chi connectivity index (χ3n) is 3.11. The zero-order valence-electron chi connectivity index (χ0n) is 11.4. The molecule has 3 amide bonds. The van der Waals surface area contributed by atoms with Crippen LogP contribution in [0.1, 0.15) is 6.42 Å². The molecule has 1 rings (SSSR count). The summed E-state index contributed by atoms with van der Waals surface area (Å²) in [6.07, 6.45) is -1.01. The second kappa shape index (κ2) is 7.06. The Labute approximate surface area is 116 Å². The molecule has 1 heterocycles. The van der Waals surface area contributed by atoms with Crippen LogP contribution < -0.4 is 11.1 Å². The molecule has 1 saturated heterocycles. The third kappa shape index (κ3) is 4.07. The molecule has 0 aromatic heterocycles. The van der Waals surface area contributed by atoms with E-state index >= 15 is 0 Å². The van der Waals surface area contributed by atoms with Crippen LogP contribution >= 0.6 is 0 Å². The molecule has 3 atom stereocenters. The van der Waals surface area contributed by atoms with Crippen LogP contribution in [0.25, 0.3) is 0 Å². The average Bonchev–Trinajstić information content (AvgIpc) is 2.80. The van der Waals surface area contributed by atoms with Gasteiger partial charge in [0.2, 0.25) is 5.91 Å². The highest BCUT2D eigenvalue weighted by atomic mass is 16.5. The molecule has 9 nitrogen and oxygen atoms in total. The molecule has 0 bridgehead atoms. The van der Waals surface area contributed by atoms with Crippen LogP contribution in [0.2, 0.25) is 0 Å². The minimum absolute atomic E-state index is 0.273. The lowest BCUT2D eigenvalue weighted by atomic mass is 10.2. The predicted molar refractivity (Wildman–Crippen MR) is 66.9 cm³/mol. The van der Waals surface area contributed by atoms with Crippen LogP contribution in [-0.2, 0) is 19.1 Å². The van der Waals surface area contributed by atoms with E-state index in [0.717, 1.165) is 0 Å². The van der Waals surface area contributed by atoms with Gasteiger partial charge in [0.15, 0.2) is 0 Å². The number of rotatable bonds is 6. The Morgan fingerprint density at radius 1 is 1.30 bits per heavy atom. The fraction of sp³-hybridized carbons (Fsp3) is 0.727. The van der Waals surface area contributed by atoms with E-state index in [4.69, 9.17) is 20.3 Å². The summed E-state index contributed by atoms with van der Waals surface area (Å²) in [5, 5.41) is 11.2. The van der Waals surface area contributed by atoms with Crippen molar-refractivity contribution >= 4 is 17.9 Å². The molecule has 1 aliphatic heterocycles. The number of carbonyl (C=O) groups excluding carboxylic acids is 2. The quantitative estimate of drug-likeness (QED) is 0.538. The highest BCUT2D eigenvalue weighted by molar-refractivity contribution is 5.87. The van der Waals surface area contributed by atoms with Crippen LogP contribution in [0.3, 0.4) is 0 Å². The number of aliphatic carboxylic acids is 1. The molecule has 0 aliphatic carbocycles. The first-order valence-electron chi connectivity index (χ1n) is 6.01. The van der Waals surface area contributed by atoms with E-state index in [2.05, 4.69) is 5.32 Å². The second-order valence-electron chi connectivity index (χ2n) is 4.46. The molecule has 0 radical (unpaired) electrons. The second-order valence-corrected chi connectivity index (χ2v) is 4.46.